The molecule has 5 rings (SSSR count). The maximum absolute atomic E-state index is 13.4. The van der Waals surface area contributed by atoms with Crippen LogP contribution in [0.4, 0.5) is 5.69 Å². The minimum atomic E-state index is -0.799. The molecule has 2 N–H and O–H groups in total. The molecule has 0 saturated carbocycles. The summed E-state index contributed by atoms with van der Waals surface area (Å²) >= 11 is 0. The van der Waals surface area contributed by atoms with Crippen LogP contribution in [0.2, 0.25) is 0 Å². The Morgan fingerprint density at radius 2 is 1.91 bits per heavy atom. The Labute approximate surface area is 192 Å². The second kappa shape index (κ2) is 8.63. The van der Waals surface area contributed by atoms with Crippen LogP contribution >= 0.6 is 0 Å². The molecular formula is C26H29N3O4. The number of aromatic nitrogens is 1. The van der Waals surface area contributed by atoms with Crippen molar-refractivity contribution in [2.75, 3.05) is 11.9 Å². The smallest absolute Gasteiger partial charge is 0.258 e. The monoisotopic (exact) mass is 447 g/mol. The minimum absolute atomic E-state index is 0.0412. The lowest BCUT2D eigenvalue weighted by Gasteiger charge is -2.30. The molecule has 1 aromatic heterocycles. The number of anilines is 1. The van der Waals surface area contributed by atoms with Crippen molar-refractivity contribution in [3.63, 3.8) is 0 Å². The molecular weight excluding hydrogens is 418 g/mol. The second-order valence-corrected chi connectivity index (χ2v) is 9.24. The van der Waals surface area contributed by atoms with Crippen molar-refractivity contribution >= 4 is 23.1 Å². The van der Waals surface area contributed by atoms with E-state index in [-0.39, 0.29) is 29.9 Å². The van der Waals surface area contributed by atoms with Gasteiger partial charge in [-0.3, -0.25) is 14.4 Å². The van der Waals surface area contributed by atoms with E-state index in [1.165, 1.54) is 6.92 Å². The van der Waals surface area contributed by atoms with Gasteiger partial charge in [0.15, 0.2) is 0 Å². The normalized spacial score (nSPS) is 25.9. The van der Waals surface area contributed by atoms with E-state index in [4.69, 9.17) is 0 Å². The van der Waals surface area contributed by atoms with Crippen LogP contribution in [0.15, 0.2) is 53.3 Å². The lowest BCUT2D eigenvalue weighted by Crippen LogP contribution is -2.47. The number of aliphatic hydroxyl groups is 1. The predicted molar refractivity (Wildman–Crippen MR) is 125 cm³/mol. The predicted octanol–water partition coefficient (Wildman–Crippen LogP) is 2.95. The number of para-hydroxylation sites is 1. The van der Waals surface area contributed by atoms with E-state index in [1.807, 2.05) is 30.3 Å². The van der Waals surface area contributed by atoms with Gasteiger partial charge < -0.3 is 19.9 Å². The molecule has 0 unspecified atom stereocenters. The summed E-state index contributed by atoms with van der Waals surface area (Å²) in [6.45, 7) is 1.60. The Morgan fingerprint density at radius 3 is 2.58 bits per heavy atom. The zero-order valence-corrected chi connectivity index (χ0v) is 18.7. The van der Waals surface area contributed by atoms with Gasteiger partial charge in [0.1, 0.15) is 6.04 Å². The highest BCUT2D eigenvalue weighted by Gasteiger charge is 2.56. The number of hydrogen-bond donors (Lipinski definition) is 2. The summed E-state index contributed by atoms with van der Waals surface area (Å²) in [7, 11) is 0. The molecule has 0 radical (unpaired) electrons. The van der Waals surface area contributed by atoms with Crippen molar-refractivity contribution in [3.05, 3.63) is 70.2 Å². The lowest BCUT2D eigenvalue weighted by atomic mass is 9.88. The van der Waals surface area contributed by atoms with Crippen LogP contribution in [0, 0.1) is 11.8 Å². The maximum Gasteiger partial charge on any atom is 0.258 e. The molecule has 3 aliphatic rings. The van der Waals surface area contributed by atoms with Crippen molar-refractivity contribution < 1.29 is 14.7 Å². The van der Waals surface area contributed by atoms with Crippen LogP contribution < -0.4 is 10.9 Å². The van der Waals surface area contributed by atoms with Gasteiger partial charge >= 0.3 is 0 Å². The van der Waals surface area contributed by atoms with Crippen molar-refractivity contribution in [2.45, 2.75) is 51.2 Å². The lowest BCUT2D eigenvalue weighted by molar-refractivity contribution is -0.138. The van der Waals surface area contributed by atoms with E-state index in [2.05, 4.69) is 11.4 Å². The first kappa shape index (κ1) is 21.6. The number of nitrogens with zero attached hydrogens (tertiary/aromatic N) is 2. The molecule has 4 atom stereocenters. The van der Waals surface area contributed by atoms with Crippen molar-refractivity contribution in [3.8, 4) is 0 Å². The number of benzene rings is 1. The molecule has 1 saturated heterocycles. The summed E-state index contributed by atoms with van der Waals surface area (Å²) in [5.41, 5.74) is 3.17. The largest absolute Gasteiger partial charge is 0.396 e. The molecule has 7 nitrogen and oxygen atoms in total. The first-order chi connectivity index (χ1) is 16.0. The van der Waals surface area contributed by atoms with E-state index in [0.717, 1.165) is 42.5 Å². The fraction of sp³-hybridized carbons (Fsp3) is 0.423. The van der Waals surface area contributed by atoms with Crippen molar-refractivity contribution in [1.29, 1.82) is 0 Å². The van der Waals surface area contributed by atoms with E-state index < -0.39 is 18.0 Å². The van der Waals surface area contributed by atoms with Crippen LogP contribution in [-0.2, 0) is 16.1 Å². The van der Waals surface area contributed by atoms with Gasteiger partial charge in [0.05, 0.1) is 6.04 Å². The SMILES string of the molecule is CC(=O)N1[C@@H]2c3ccc(C4=CCCCC4)c(=O)n3C[C@@H]2[C@@H](CO)[C@@H]1C(=O)Nc1ccccc1. The molecule has 172 valence electrons. The first-order valence-electron chi connectivity index (χ1n) is 11.7. The summed E-state index contributed by atoms with van der Waals surface area (Å²) in [5.74, 6) is -1.22. The van der Waals surface area contributed by atoms with Gasteiger partial charge in [-0.1, -0.05) is 24.3 Å². The summed E-state index contributed by atoms with van der Waals surface area (Å²) in [6, 6.07) is 11.7. The number of amides is 2. The highest BCUT2D eigenvalue weighted by atomic mass is 16.3. The number of pyridine rings is 1. The fourth-order valence-electron chi connectivity index (χ4n) is 5.91. The maximum atomic E-state index is 13.4. The minimum Gasteiger partial charge on any atom is -0.396 e. The summed E-state index contributed by atoms with van der Waals surface area (Å²) in [5, 5.41) is 13.2. The second-order valence-electron chi connectivity index (χ2n) is 9.24. The Balaban J connectivity index is 1.52. The summed E-state index contributed by atoms with van der Waals surface area (Å²) in [4.78, 5) is 41.0. The van der Waals surface area contributed by atoms with Crippen molar-refractivity contribution in [1.82, 2.24) is 9.47 Å². The number of likely N-dealkylation sites (tertiary alicyclic amines) is 1. The van der Waals surface area contributed by atoms with Crippen molar-refractivity contribution in [2.24, 2.45) is 11.8 Å². The quantitative estimate of drug-likeness (QED) is 0.754. The highest BCUT2D eigenvalue weighted by Crippen LogP contribution is 2.49. The van der Waals surface area contributed by atoms with Gasteiger partial charge in [-0.15, -0.1) is 0 Å². The Kier molecular flexibility index (Phi) is 5.66. The van der Waals surface area contributed by atoms with Gasteiger partial charge in [-0.2, -0.15) is 0 Å². The fourth-order valence-corrected chi connectivity index (χ4v) is 5.91. The number of fused-ring (bicyclic) bond motifs is 3. The molecule has 0 bridgehead atoms. The van der Waals surface area contributed by atoms with Gasteiger partial charge in [0.25, 0.3) is 5.56 Å². The molecule has 2 aromatic rings. The Hall–Kier alpha value is -3.19. The van der Waals surface area contributed by atoms with E-state index in [9.17, 15) is 19.5 Å². The summed E-state index contributed by atoms with van der Waals surface area (Å²) in [6.07, 6.45) is 6.29. The first-order valence-corrected chi connectivity index (χ1v) is 11.7. The number of aliphatic hydroxyl groups excluding tert-OH is 1. The Morgan fingerprint density at radius 1 is 1.12 bits per heavy atom. The standard InChI is InChI=1S/C26H29N3O4/c1-16(31)29-23-20(21(15-30)24(29)25(32)27-18-10-6-3-7-11-18)14-28-22(23)13-12-19(26(28)33)17-8-4-2-5-9-17/h3,6-8,10-13,20-21,23-24,30H,2,4-5,9,14-15H2,1H3,(H,27,32)/t20-,21-,23+,24-/m1/s1. The van der Waals surface area contributed by atoms with E-state index >= 15 is 0 Å². The van der Waals surface area contributed by atoms with Crippen LogP contribution in [0.1, 0.15) is 49.9 Å². The molecule has 33 heavy (non-hydrogen) atoms. The van der Waals surface area contributed by atoms with Gasteiger partial charge in [-0.05, 0) is 55.5 Å². The van der Waals surface area contributed by atoms with E-state index in [0.29, 0.717) is 12.2 Å². The number of nitrogens with one attached hydrogen (secondary N) is 1. The zero-order valence-electron chi connectivity index (χ0n) is 18.7. The molecule has 1 aliphatic carbocycles. The highest BCUT2D eigenvalue weighted by molar-refractivity contribution is 5.98. The number of allylic oxidation sites excluding steroid dienone is 2. The van der Waals surface area contributed by atoms with Gasteiger partial charge in [0.2, 0.25) is 11.8 Å². The molecule has 1 aromatic carbocycles. The molecule has 2 amide bonds. The van der Waals surface area contributed by atoms with E-state index in [1.54, 1.807) is 21.6 Å². The van der Waals surface area contributed by atoms with Gasteiger partial charge in [0, 0.05) is 48.9 Å². The third-order valence-corrected chi connectivity index (χ3v) is 7.39. The third-order valence-electron chi connectivity index (χ3n) is 7.39. The molecule has 0 spiro atoms. The third kappa shape index (κ3) is 3.60. The van der Waals surface area contributed by atoms with Crippen LogP contribution in [0.25, 0.3) is 5.57 Å². The van der Waals surface area contributed by atoms with Crippen LogP contribution in [0.5, 0.6) is 0 Å². The van der Waals surface area contributed by atoms with Crippen LogP contribution in [-0.4, -0.2) is 39.0 Å². The topological polar surface area (TPSA) is 91.6 Å². The molecule has 7 heteroatoms. The average molecular weight is 448 g/mol. The van der Waals surface area contributed by atoms with Crippen LogP contribution in [0.3, 0.4) is 0 Å². The number of hydrogen-bond acceptors (Lipinski definition) is 4. The number of carbonyl (C=O) groups is 2. The molecule has 1 fully saturated rings. The molecule has 3 heterocycles. The average Bonchev–Trinajstić information content (AvgIpc) is 3.35. The van der Waals surface area contributed by atoms with Gasteiger partial charge in [-0.25, -0.2) is 0 Å². The summed E-state index contributed by atoms with van der Waals surface area (Å²) < 4.78 is 1.75. The Bertz CT molecular complexity index is 1170. The molecule has 2 aliphatic heterocycles. The number of carbonyl (C=O) groups excluding carboxylic acids is 2. The number of rotatable bonds is 4. The zero-order chi connectivity index (χ0) is 23.1.